The van der Waals surface area contributed by atoms with Crippen LogP contribution in [0.4, 0.5) is 5.69 Å². The van der Waals surface area contributed by atoms with Crippen LogP contribution in [0.5, 0.6) is 17.2 Å². The first kappa shape index (κ1) is 27.5. The van der Waals surface area contributed by atoms with E-state index in [-0.39, 0.29) is 22.4 Å². The van der Waals surface area contributed by atoms with Gasteiger partial charge in [-0.2, -0.15) is 0 Å². The minimum absolute atomic E-state index is 0.00923. The Balaban J connectivity index is 1.51. The molecule has 1 aromatic heterocycles. The van der Waals surface area contributed by atoms with Gasteiger partial charge in [-0.3, -0.25) is 15.2 Å². The monoisotopic (exact) mass is 568 g/mol. The highest BCUT2D eigenvalue weighted by atomic mass is 35.5. The molecule has 0 spiro atoms. The van der Waals surface area contributed by atoms with Crippen molar-refractivity contribution in [1.29, 1.82) is 0 Å². The number of nitro benzene ring substituents is 1. The van der Waals surface area contributed by atoms with Crippen LogP contribution in [0.25, 0.3) is 17.5 Å². The van der Waals surface area contributed by atoms with Gasteiger partial charge in [0.05, 0.1) is 24.7 Å². The molecule has 0 fully saturated rings. The first-order chi connectivity index (χ1) is 18.8. The van der Waals surface area contributed by atoms with E-state index < -0.39 is 10.9 Å². The predicted octanol–water partition coefficient (Wildman–Crippen LogP) is 5.85. The topological polar surface area (TPSA) is 150 Å². The molecule has 3 aromatic carbocycles. The maximum Gasteiger partial charge on any atom is 0.342 e. The van der Waals surface area contributed by atoms with Gasteiger partial charge in [0.2, 0.25) is 5.16 Å². The summed E-state index contributed by atoms with van der Waals surface area (Å²) in [5.41, 5.74) is 1.86. The molecule has 11 nitrogen and oxygen atoms in total. The number of halogens is 1. The molecule has 1 heterocycles. The number of nitrogens with one attached hydrogen (secondary N) is 1. The Morgan fingerprint density at radius 1 is 1.08 bits per heavy atom. The number of carboxylic acids is 1. The van der Waals surface area contributed by atoms with E-state index in [0.717, 1.165) is 17.3 Å². The van der Waals surface area contributed by atoms with Gasteiger partial charge in [-0.25, -0.2) is 9.78 Å². The van der Waals surface area contributed by atoms with Crippen LogP contribution >= 0.6 is 23.4 Å². The van der Waals surface area contributed by atoms with Crippen molar-refractivity contribution in [3.05, 3.63) is 91.8 Å². The number of aromatic nitrogens is 3. The molecule has 0 unspecified atom stereocenters. The van der Waals surface area contributed by atoms with Gasteiger partial charge in [0.25, 0.3) is 5.69 Å². The van der Waals surface area contributed by atoms with Gasteiger partial charge < -0.3 is 19.3 Å². The van der Waals surface area contributed by atoms with Crippen LogP contribution in [0.3, 0.4) is 0 Å². The van der Waals surface area contributed by atoms with E-state index in [1.807, 2.05) is 0 Å². The molecular formula is C26H21ClN4O7S. The fourth-order valence-electron chi connectivity index (χ4n) is 3.43. The number of carboxylic acid groups (broad SMARTS) is 1. The number of ether oxygens (including phenoxy) is 3. The van der Waals surface area contributed by atoms with E-state index in [0.29, 0.717) is 39.2 Å². The Morgan fingerprint density at radius 2 is 1.79 bits per heavy atom. The lowest BCUT2D eigenvalue weighted by molar-refractivity contribution is -0.384. The number of nitrogens with zero attached hydrogens (tertiary/aromatic N) is 3. The van der Waals surface area contributed by atoms with Gasteiger partial charge in [-0.05, 0) is 71.4 Å². The third-order valence-corrected chi connectivity index (χ3v) is 6.43. The van der Waals surface area contributed by atoms with Crippen LogP contribution in [0.15, 0.2) is 70.7 Å². The second-order valence-electron chi connectivity index (χ2n) is 7.85. The predicted molar refractivity (Wildman–Crippen MR) is 145 cm³/mol. The van der Waals surface area contributed by atoms with Gasteiger partial charge in [0.1, 0.15) is 17.3 Å². The summed E-state index contributed by atoms with van der Waals surface area (Å²) in [6, 6.07) is 16.0. The summed E-state index contributed by atoms with van der Waals surface area (Å²) in [6.07, 6.45) is 1.46. The second-order valence-corrected chi connectivity index (χ2v) is 9.30. The lowest BCUT2D eigenvalue weighted by Crippen LogP contribution is -1.99. The SMILES string of the molecule is COc1cc(/C=C(\Sc2n[nH]c(-c3cc(Cl)ccc3OC)n2)C(=O)O)ccc1OCc1ccc([N+](=O)[O-])cc1. The fourth-order valence-corrected chi connectivity index (χ4v) is 4.31. The molecule has 13 heteroatoms. The van der Waals surface area contributed by atoms with Crippen molar-refractivity contribution in [2.75, 3.05) is 14.2 Å². The van der Waals surface area contributed by atoms with E-state index in [1.54, 1.807) is 48.5 Å². The first-order valence-corrected chi connectivity index (χ1v) is 12.4. The number of non-ortho nitro benzene ring substituents is 1. The Labute approximate surface area is 231 Å². The summed E-state index contributed by atoms with van der Waals surface area (Å²) < 4.78 is 16.6. The van der Waals surface area contributed by atoms with Gasteiger partial charge in [0.15, 0.2) is 17.3 Å². The van der Waals surface area contributed by atoms with Crippen LogP contribution < -0.4 is 14.2 Å². The number of methoxy groups -OCH3 is 2. The van der Waals surface area contributed by atoms with Gasteiger partial charge >= 0.3 is 5.97 Å². The molecule has 4 aromatic rings. The molecule has 39 heavy (non-hydrogen) atoms. The lowest BCUT2D eigenvalue weighted by atomic mass is 10.2. The Kier molecular flexibility index (Phi) is 8.69. The van der Waals surface area contributed by atoms with Crippen molar-refractivity contribution in [2.24, 2.45) is 0 Å². The average Bonchev–Trinajstić information content (AvgIpc) is 3.40. The van der Waals surface area contributed by atoms with Crippen molar-refractivity contribution in [1.82, 2.24) is 15.2 Å². The minimum atomic E-state index is -1.16. The third kappa shape index (κ3) is 6.86. The van der Waals surface area contributed by atoms with Crippen molar-refractivity contribution in [3.63, 3.8) is 0 Å². The molecule has 200 valence electrons. The van der Waals surface area contributed by atoms with E-state index in [9.17, 15) is 20.0 Å². The van der Waals surface area contributed by atoms with Gasteiger partial charge in [-0.1, -0.05) is 17.7 Å². The molecule has 0 radical (unpaired) electrons. The number of rotatable bonds is 11. The molecule has 0 amide bonds. The molecule has 0 atom stereocenters. The summed E-state index contributed by atoms with van der Waals surface area (Å²) in [5.74, 6) is 0.547. The van der Waals surface area contributed by atoms with Crippen molar-refractivity contribution < 1.29 is 29.0 Å². The molecule has 0 aliphatic heterocycles. The molecule has 0 saturated heterocycles. The van der Waals surface area contributed by atoms with E-state index >= 15 is 0 Å². The molecule has 4 rings (SSSR count). The maximum absolute atomic E-state index is 12.0. The number of hydrogen-bond donors (Lipinski definition) is 2. The first-order valence-electron chi connectivity index (χ1n) is 11.2. The highest BCUT2D eigenvalue weighted by molar-refractivity contribution is 8.04. The van der Waals surface area contributed by atoms with Crippen molar-refractivity contribution in [3.8, 4) is 28.6 Å². The molecule has 0 saturated carbocycles. The summed E-state index contributed by atoms with van der Waals surface area (Å²) in [4.78, 5) is 26.7. The Bertz CT molecular complexity index is 1540. The summed E-state index contributed by atoms with van der Waals surface area (Å²) >= 11 is 6.97. The standard InChI is InChI=1S/C26H21ClN4O7S/c1-36-20-10-6-17(27)13-19(20)24-28-26(30-29-24)39-23(25(32)33)12-16-5-9-21(22(11-16)37-2)38-14-15-3-7-18(8-4-15)31(34)35/h3-13H,14H2,1-2H3,(H,32,33)(H,28,29,30)/b23-12-. The van der Waals surface area contributed by atoms with Gasteiger partial charge in [0, 0.05) is 17.2 Å². The number of H-pyrrole nitrogens is 1. The van der Waals surface area contributed by atoms with Crippen molar-refractivity contribution in [2.45, 2.75) is 11.8 Å². The maximum atomic E-state index is 12.0. The molecular weight excluding hydrogens is 548 g/mol. The zero-order valence-electron chi connectivity index (χ0n) is 20.6. The number of thioether (sulfide) groups is 1. The van der Waals surface area contributed by atoms with E-state index in [2.05, 4.69) is 15.2 Å². The van der Waals surface area contributed by atoms with Crippen LogP contribution in [0.1, 0.15) is 11.1 Å². The average molecular weight is 569 g/mol. The Morgan fingerprint density at radius 3 is 2.46 bits per heavy atom. The Hall–Kier alpha value is -4.55. The van der Waals surface area contributed by atoms with Crippen LogP contribution in [-0.2, 0) is 11.4 Å². The van der Waals surface area contributed by atoms with Crippen LogP contribution in [-0.4, -0.2) is 45.4 Å². The minimum Gasteiger partial charge on any atom is -0.496 e. The second kappa shape index (κ2) is 12.3. The number of carbonyl (C=O) groups is 1. The summed E-state index contributed by atoms with van der Waals surface area (Å²) in [6.45, 7) is 0.157. The van der Waals surface area contributed by atoms with E-state index in [1.165, 1.54) is 32.4 Å². The quantitative estimate of drug-likeness (QED) is 0.0976. The lowest BCUT2D eigenvalue weighted by Gasteiger charge is -2.11. The smallest absolute Gasteiger partial charge is 0.342 e. The van der Waals surface area contributed by atoms with Crippen molar-refractivity contribution >= 4 is 41.1 Å². The highest BCUT2D eigenvalue weighted by Crippen LogP contribution is 2.34. The zero-order chi connectivity index (χ0) is 27.9. The zero-order valence-corrected chi connectivity index (χ0v) is 22.2. The largest absolute Gasteiger partial charge is 0.496 e. The van der Waals surface area contributed by atoms with Crippen LogP contribution in [0.2, 0.25) is 5.02 Å². The molecule has 2 N–H and O–H groups in total. The normalized spacial score (nSPS) is 11.2. The van der Waals surface area contributed by atoms with Crippen LogP contribution in [0, 0.1) is 10.1 Å². The summed E-state index contributed by atoms with van der Waals surface area (Å²) in [7, 11) is 2.98. The summed E-state index contributed by atoms with van der Waals surface area (Å²) in [5, 5.41) is 28.2. The number of nitro groups is 1. The number of aromatic amines is 1. The molecule has 0 aliphatic carbocycles. The van der Waals surface area contributed by atoms with E-state index in [4.69, 9.17) is 25.8 Å². The van der Waals surface area contributed by atoms with Gasteiger partial charge in [-0.15, -0.1) is 5.10 Å². The molecule has 0 bridgehead atoms. The highest BCUT2D eigenvalue weighted by Gasteiger charge is 2.17. The fraction of sp³-hybridized carbons (Fsp3) is 0.115. The number of hydrogen-bond acceptors (Lipinski definition) is 9. The third-order valence-electron chi connectivity index (χ3n) is 5.32. The molecule has 0 aliphatic rings. The number of benzene rings is 3. The number of aliphatic carboxylic acids is 1.